The lowest BCUT2D eigenvalue weighted by atomic mass is 10.1. The number of rotatable bonds is 8. The zero-order chi connectivity index (χ0) is 15.1. The Bertz CT molecular complexity index is 437. The molecule has 1 aromatic rings. The van der Waals surface area contributed by atoms with Gasteiger partial charge >= 0.3 is 0 Å². The minimum atomic E-state index is -0.695. The quantitative estimate of drug-likeness (QED) is 0.587. The average molecular weight is 280 g/mol. The molecule has 0 bridgehead atoms. The topological polar surface area (TPSA) is 66.6 Å². The van der Waals surface area contributed by atoms with Crippen LogP contribution in [0.25, 0.3) is 0 Å². The molecule has 1 N–H and O–H groups in total. The van der Waals surface area contributed by atoms with Gasteiger partial charge in [-0.05, 0) is 18.0 Å². The minimum absolute atomic E-state index is 0.0199. The summed E-state index contributed by atoms with van der Waals surface area (Å²) in [5.41, 5.74) is 0.619. The van der Waals surface area contributed by atoms with Crippen molar-refractivity contribution >= 4 is 5.69 Å². The first kappa shape index (κ1) is 16.6. The van der Waals surface area contributed by atoms with Crippen LogP contribution in [0.5, 0.6) is 0 Å². The second kappa shape index (κ2) is 7.97. The van der Waals surface area contributed by atoms with E-state index >= 15 is 0 Å². The molecule has 0 aromatic heterocycles. The SMILES string of the molecule is CCC(C)CN(CC)CC(O)c1cccc([N+](=O)[O-])c1. The van der Waals surface area contributed by atoms with Crippen LogP contribution in [0, 0.1) is 16.0 Å². The van der Waals surface area contributed by atoms with Crippen molar-refractivity contribution in [1.82, 2.24) is 4.90 Å². The fourth-order valence-corrected chi connectivity index (χ4v) is 2.10. The molecule has 0 aliphatic heterocycles. The minimum Gasteiger partial charge on any atom is -0.387 e. The maximum absolute atomic E-state index is 10.8. The Hall–Kier alpha value is -1.46. The first-order chi connectivity index (χ1) is 9.47. The lowest BCUT2D eigenvalue weighted by Crippen LogP contribution is -2.32. The third-order valence-corrected chi connectivity index (χ3v) is 3.61. The highest BCUT2D eigenvalue weighted by Crippen LogP contribution is 2.20. The number of non-ortho nitro benzene ring substituents is 1. The molecule has 0 saturated carbocycles. The zero-order valence-electron chi connectivity index (χ0n) is 12.5. The van der Waals surface area contributed by atoms with Crippen LogP contribution in [0.15, 0.2) is 24.3 Å². The highest BCUT2D eigenvalue weighted by atomic mass is 16.6. The van der Waals surface area contributed by atoms with Crippen molar-refractivity contribution in [3.63, 3.8) is 0 Å². The van der Waals surface area contributed by atoms with Crippen molar-refractivity contribution in [3.8, 4) is 0 Å². The standard InChI is InChI=1S/C15H24N2O3/c1-4-12(3)10-16(5-2)11-15(18)13-7-6-8-14(9-13)17(19)20/h6-9,12,15,18H,4-5,10-11H2,1-3H3. The van der Waals surface area contributed by atoms with Gasteiger partial charge in [0.1, 0.15) is 0 Å². The number of nitro benzene ring substituents is 1. The van der Waals surface area contributed by atoms with E-state index in [-0.39, 0.29) is 5.69 Å². The van der Waals surface area contributed by atoms with Gasteiger partial charge in [0.25, 0.3) is 5.69 Å². The molecule has 5 heteroatoms. The number of aliphatic hydroxyl groups is 1. The van der Waals surface area contributed by atoms with E-state index in [0.717, 1.165) is 19.5 Å². The Balaban J connectivity index is 2.71. The number of aliphatic hydroxyl groups excluding tert-OH is 1. The first-order valence-corrected chi connectivity index (χ1v) is 7.12. The van der Waals surface area contributed by atoms with Crippen LogP contribution < -0.4 is 0 Å². The van der Waals surface area contributed by atoms with Crippen molar-refractivity contribution in [2.45, 2.75) is 33.3 Å². The lowest BCUT2D eigenvalue weighted by molar-refractivity contribution is -0.385. The largest absolute Gasteiger partial charge is 0.387 e. The third kappa shape index (κ3) is 4.90. The number of hydrogen-bond acceptors (Lipinski definition) is 4. The van der Waals surface area contributed by atoms with E-state index < -0.39 is 11.0 Å². The van der Waals surface area contributed by atoms with Crippen molar-refractivity contribution in [2.75, 3.05) is 19.6 Å². The van der Waals surface area contributed by atoms with E-state index in [0.29, 0.717) is 18.0 Å². The molecule has 0 spiro atoms. The summed E-state index contributed by atoms with van der Waals surface area (Å²) in [5, 5.41) is 21.0. The number of hydrogen-bond donors (Lipinski definition) is 1. The lowest BCUT2D eigenvalue weighted by Gasteiger charge is -2.26. The predicted octanol–water partition coefficient (Wildman–Crippen LogP) is 3.00. The number of nitro groups is 1. The van der Waals surface area contributed by atoms with Gasteiger partial charge in [-0.3, -0.25) is 10.1 Å². The van der Waals surface area contributed by atoms with Crippen molar-refractivity contribution < 1.29 is 10.0 Å². The fraction of sp³-hybridized carbons (Fsp3) is 0.600. The molecule has 5 nitrogen and oxygen atoms in total. The van der Waals surface area contributed by atoms with E-state index in [1.807, 2.05) is 0 Å². The van der Waals surface area contributed by atoms with Gasteiger partial charge in [0.15, 0.2) is 0 Å². The van der Waals surface area contributed by atoms with Crippen LogP contribution in [0.2, 0.25) is 0 Å². The van der Waals surface area contributed by atoms with Gasteiger partial charge in [-0.1, -0.05) is 39.3 Å². The smallest absolute Gasteiger partial charge is 0.269 e. The van der Waals surface area contributed by atoms with Crippen LogP contribution in [0.3, 0.4) is 0 Å². The van der Waals surface area contributed by atoms with Gasteiger partial charge in [-0.15, -0.1) is 0 Å². The van der Waals surface area contributed by atoms with E-state index in [4.69, 9.17) is 0 Å². The van der Waals surface area contributed by atoms with Gasteiger partial charge < -0.3 is 10.0 Å². The molecule has 0 heterocycles. The maximum Gasteiger partial charge on any atom is 0.269 e. The summed E-state index contributed by atoms with van der Waals surface area (Å²) in [6.45, 7) is 8.68. The normalized spacial score (nSPS) is 14.2. The van der Waals surface area contributed by atoms with Crippen LogP contribution in [0.4, 0.5) is 5.69 Å². The van der Waals surface area contributed by atoms with E-state index in [9.17, 15) is 15.2 Å². The maximum atomic E-state index is 10.8. The number of benzene rings is 1. The van der Waals surface area contributed by atoms with Gasteiger partial charge in [-0.25, -0.2) is 0 Å². The van der Waals surface area contributed by atoms with Gasteiger partial charge in [0, 0.05) is 25.2 Å². The van der Waals surface area contributed by atoms with Crippen LogP contribution >= 0.6 is 0 Å². The molecule has 2 unspecified atom stereocenters. The molecule has 1 rings (SSSR count). The molecule has 0 radical (unpaired) electrons. The van der Waals surface area contributed by atoms with Crippen LogP contribution in [0.1, 0.15) is 38.9 Å². The van der Waals surface area contributed by atoms with Gasteiger partial charge in [0.2, 0.25) is 0 Å². The molecular formula is C15H24N2O3. The summed E-state index contributed by atoms with van der Waals surface area (Å²) < 4.78 is 0. The summed E-state index contributed by atoms with van der Waals surface area (Å²) >= 11 is 0. The van der Waals surface area contributed by atoms with Crippen LogP contribution in [-0.2, 0) is 0 Å². The van der Waals surface area contributed by atoms with Crippen molar-refractivity contribution in [2.24, 2.45) is 5.92 Å². The van der Waals surface area contributed by atoms with E-state index in [1.165, 1.54) is 12.1 Å². The summed E-state index contributed by atoms with van der Waals surface area (Å²) in [6, 6.07) is 6.23. The Morgan fingerprint density at radius 1 is 1.35 bits per heavy atom. The first-order valence-electron chi connectivity index (χ1n) is 7.12. The van der Waals surface area contributed by atoms with E-state index in [2.05, 4.69) is 25.7 Å². The Morgan fingerprint density at radius 2 is 2.05 bits per heavy atom. The molecule has 0 aliphatic rings. The third-order valence-electron chi connectivity index (χ3n) is 3.61. The summed E-state index contributed by atoms with van der Waals surface area (Å²) in [6.07, 6.45) is 0.405. The molecular weight excluding hydrogens is 256 g/mol. The zero-order valence-corrected chi connectivity index (χ0v) is 12.5. The monoisotopic (exact) mass is 280 g/mol. The molecule has 2 atom stereocenters. The predicted molar refractivity (Wildman–Crippen MR) is 79.6 cm³/mol. The van der Waals surface area contributed by atoms with Gasteiger partial charge in [-0.2, -0.15) is 0 Å². The molecule has 0 saturated heterocycles. The number of likely N-dealkylation sites (N-methyl/N-ethyl adjacent to an activating group) is 1. The van der Waals surface area contributed by atoms with E-state index in [1.54, 1.807) is 12.1 Å². The Kier molecular flexibility index (Phi) is 6.61. The van der Waals surface area contributed by atoms with Crippen molar-refractivity contribution in [3.05, 3.63) is 39.9 Å². The average Bonchev–Trinajstić information content (AvgIpc) is 2.46. The molecule has 1 aromatic carbocycles. The summed E-state index contributed by atoms with van der Waals surface area (Å²) in [4.78, 5) is 12.5. The number of nitrogens with zero attached hydrogens (tertiary/aromatic N) is 2. The molecule has 0 fully saturated rings. The Labute approximate surface area is 120 Å². The molecule has 0 aliphatic carbocycles. The van der Waals surface area contributed by atoms with Gasteiger partial charge in [0.05, 0.1) is 11.0 Å². The molecule has 112 valence electrons. The Morgan fingerprint density at radius 3 is 2.60 bits per heavy atom. The fourth-order valence-electron chi connectivity index (χ4n) is 2.10. The molecule has 0 amide bonds. The summed E-state index contributed by atoms with van der Waals surface area (Å²) in [7, 11) is 0. The second-order valence-electron chi connectivity index (χ2n) is 5.23. The molecule has 20 heavy (non-hydrogen) atoms. The highest BCUT2D eigenvalue weighted by Gasteiger charge is 2.16. The van der Waals surface area contributed by atoms with Crippen LogP contribution in [-0.4, -0.2) is 34.6 Å². The second-order valence-corrected chi connectivity index (χ2v) is 5.23. The summed E-state index contributed by atoms with van der Waals surface area (Å²) in [5.74, 6) is 0.576. The van der Waals surface area contributed by atoms with Crippen molar-refractivity contribution in [1.29, 1.82) is 0 Å². The highest BCUT2D eigenvalue weighted by molar-refractivity contribution is 5.35.